The van der Waals surface area contributed by atoms with Crippen molar-refractivity contribution in [2.45, 2.75) is 45.8 Å². The van der Waals surface area contributed by atoms with Gasteiger partial charge >= 0.3 is 7.12 Å². The van der Waals surface area contributed by atoms with E-state index < -0.39 is 0 Å². The van der Waals surface area contributed by atoms with Gasteiger partial charge in [-0.15, -0.1) is 0 Å². The van der Waals surface area contributed by atoms with E-state index in [9.17, 15) is 0 Å². The summed E-state index contributed by atoms with van der Waals surface area (Å²) in [5, 5.41) is 5.00. The summed E-state index contributed by atoms with van der Waals surface area (Å²) in [6, 6.07) is 5.85. The number of aromatic nitrogens is 1. The van der Waals surface area contributed by atoms with E-state index in [0.717, 1.165) is 22.1 Å². The monoisotopic (exact) mass is 259 g/mol. The lowest BCUT2D eigenvalue weighted by molar-refractivity contribution is 0.00578. The molecule has 5 heteroatoms. The van der Waals surface area contributed by atoms with E-state index in [1.54, 1.807) is 0 Å². The molecule has 1 saturated heterocycles. The minimum absolute atomic E-state index is 0.342. The van der Waals surface area contributed by atoms with Gasteiger partial charge in [0.15, 0.2) is 5.58 Å². The number of hydrogen-bond donors (Lipinski definition) is 0. The molecule has 4 nitrogen and oxygen atoms in total. The van der Waals surface area contributed by atoms with Crippen molar-refractivity contribution in [1.29, 1.82) is 0 Å². The largest absolute Gasteiger partial charge is 0.495 e. The van der Waals surface area contributed by atoms with Crippen LogP contribution in [0.5, 0.6) is 0 Å². The first-order valence-electron chi connectivity index (χ1n) is 6.52. The fourth-order valence-electron chi connectivity index (χ4n) is 2.34. The molecule has 3 rings (SSSR count). The average Bonchev–Trinajstić information content (AvgIpc) is 2.78. The van der Waals surface area contributed by atoms with Gasteiger partial charge < -0.3 is 13.8 Å². The molecule has 1 fully saturated rings. The van der Waals surface area contributed by atoms with E-state index in [1.807, 2.05) is 52.8 Å². The molecule has 0 aliphatic carbocycles. The van der Waals surface area contributed by atoms with Gasteiger partial charge in [-0.2, -0.15) is 0 Å². The summed E-state index contributed by atoms with van der Waals surface area (Å²) in [6.07, 6.45) is 0. The quantitative estimate of drug-likeness (QED) is 0.738. The van der Waals surface area contributed by atoms with Crippen LogP contribution in [0.3, 0.4) is 0 Å². The van der Waals surface area contributed by atoms with Crippen LogP contribution in [0.15, 0.2) is 22.7 Å². The lowest BCUT2D eigenvalue weighted by atomic mass is 9.76. The van der Waals surface area contributed by atoms with Gasteiger partial charge in [-0.25, -0.2) is 0 Å². The molecule has 0 spiro atoms. The predicted molar refractivity (Wildman–Crippen MR) is 74.5 cm³/mol. The third-order valence-electron chi connectivity index (χ3n) is 4.21. The summed E-state index contributed by atoms with van der Waals surface area (Å²) in [5.41, 5.74) is 1.93. The number of hydrogen-bond acceptors (Lipinski definition) is 4. The Balaban J connectivity index is 2.10. The van der Waals surface area contributed by atoms with Gasteiger partial charge in [-0.1, -0.05) is 17.3 Å². The molecule has 1 aromatic carbocycles. The highest BCUT2D eigenvalue weighted by atomic mass is 16.7. The lowest BCUT2D eigenvalue weighted by Crippen LogP contribution is -2.41. The Morgan fingerprint density at radius 2 is 1.68 bits per heavy atom. The molecule has 2 aromatic rings. The van der Waals surface area contributed by atoms with Crippen LogP contribution in [0.2, 0.25) is 0 Å². The van der Waals surface area contributed by atoms with Gasteiger partial charge in [-0.3, -0.25) is 0 Å². The van der Waals surface area contributed by atoms with E-state index in [1.165, 1.54) is 0 Å². The summed E-state index contributed by atoms with van der Waals surface area (Å²) in [6.45, 7) is 10.1. The average molecular weight is 259 g/mol. The van der Waals surface area contributed by atoms with Crippen molar-refractivity contribution < 1.29 is 13.8 Å². The van der Waals surface area contributed by atoms with E-state index >= 15 is 0 Å². The molecule has 0 unspecified atom stereocenters. The number of fused-ring (bicyclic) bond motifs is 1. The molecule has 0 atom stereocenters. The maximum absolute atomic E-state index is 6.09. The topological polar surface area (TPSA) is 44.5 Å². The van der Waals surface area contributed by atoms with Crippen molar-refractivity contribution in [3.05, 3.63) is 23.9 Å². The van der Waals surface area contributed by atoms with Crippen molar-refractivity contribution in [1.82, 2.24) is 5.16 Å². The Kier molecular flexibility index (Phi) is 2.56. The number of rotatable bonds is 1. The van der Waals surface area contributed by atoms with Crippen LogP contribution in [-0.2, 0) is 9.31 Å². The summed E-state index contributed by atoms with van der Waals surface area (Å²) in [4.78, 5) is 0. The SMILES string of the molecule is Cc1noc2cccc(B3OC(C)(C)C(C)(C)O3)c12. The highest BCUT2D eigenvalue weighted by Crippen LogP contribution is 2.37. The smallest absolute Gasteiger partial charge is 0.399 e. The molecule has 0 radical (unpaired) electrons. The number of benzene rings is 1. The second kappa shape index (κ2) is 3.84. The van der Waals surface area contributed by atoms with Crippen molar-refractivity contribution in [2.24, 2.45) is 0 Å². The van der Waals surface area contributed by atoms with Gasteiger partial charge in [0.2, 0.25) is 0 Å². The van der Waals surface area contributed by atoms with E-state index in [4.69, 9.17) is 13.8 Å². The van der Waals surface area contributed by atoms with Crippen molar-refractivity contribution in [3.63, 3.8) is 0 Å². The zero-order valence-electron chi connectivity index (χ0n) is 12.0. The van der Waals surface area contributed by atoms with Crippen molar-refractivity contribution in [2.75, 3.05) is 0 Å². The van der Waals surface area contributed by atoms with Crippen LogP contribution >= 0.6 is 0 Å². The minimum atomic E-state index is -0.383. The van der Waals surface area contributed by atoms with Gasteiger partial charge in [0.25, 0.3) is 0 Å². The lowest BCUT2D eigenvalue weighted by Gasteiger charge is -2.32. The van der Waals surface area contributed by atoms with Crippen LogP contribution in [0.1, 0.15) is 33.4 Å². The molecule has 19 heavy (non-hydrogen) atoms. The molecular formula is C14H18BNO3. The Morgan fingerprint density at radius 1 is 1.05 bits per heavy atom. The molecule has 2 heterocycles. The Labute approximate surface area is 113 Å². The predicted octanol–water partition coefficient (Wildman–Crippen LogP) is 2.44. The third-order valence-corrected chi connectivity index (χ3v) is 4.21. The Morgan fingerprint density at radius 3 is 2.32 bits per heavy atom. The van der Waals surface area contributed by atoms with E-state index in [-0.39, 0.29) is 18.3 Å². The second-order valence-electron chi connectivity index (χ2n) is 6.08. The van der Waals surface area contributed by atoms with Gasteiger partial charge in [0.05, 0.1) is 16.9 Å². The highest BCUT2D eigenvalue weighted by Gasteiger charge is 2.52. The molecule has 1 aliphatic rings. The molecule has 1 aromatic heterocycles. The standard InChI is InChI=1S/C14H18BNO3/c1-9-12-10(7-6-8-11(12)17-16-9)15-18-13(2,3)14(4,5)19-15/h6-8H,1-5H3. The van der Waals surface area contributed by atoms with Crippen molar-refractivity contribution >= 4 is 23.6 Å². The highest BCUT2D eigenvalue weighted by molar-refractivity contribution is 6.65. The molecule has 0 N–H and O–H groups in total. The fourth-order valence-corrected chi connectivity index (χ4v) is 2.34. The Hall–Kier alpha value is -1.33. The normalized spacial score (nSPS) is 21.2. The molecule has 100 valence electrons. The van der Waals surface area contributed by atoms with E-state index in [2.05, 4.69) is 5.16 Å². The first-order chi connectivity index (χ1) is 8.82. The van der Waals surface area contributed by atoms with Crippen LogP contribution in [-0.4, -0.2) is 23.5 Å². The third kappa shape index (κ3) is 1.80. The van der Waals surface area contributed by atoms with Gasteiger partial charge in [-0.05, 0) is 46.1 Å². The fraction of sp³-hybridized carbons (Fsp3) is 0.500. The summed E-state index contributed by atoms with van der Waals surface area (Å²) in [5.74, 6) is 0. The van der Waals surface area contributed by atoms with Crippen LogP contribution in [0.25, 0.3) is 11.0 Å². The maximum atomic E-state index is 6.09. The van der Waals surface area contributed by atoms with Gasteiger partial charge in [0.1, 0.15) is 0 Å². The van der Waals surface area contributed by atoms with Crippen LogP contribution in [0, 0.1) is 6.92 Å². The first kappa shape index (κ1) is 12.7. The molecular weight excluding hydrogens is 241 g/mol. The van der Waals surface area contributed by atoms with Gasteiger partial charge in [0, 0.05) is 5.39 Å². The first-order valence-corrected chi connectivity index (χ1v) is 6.52. The van der Waals surface area contributed by atoms with Crippen LogP contribution < -0.4 is 5.46 Å². The molecule has 1 aliphatic heterocycles. The zero-order chi connectivity index (χ0) is 13.8. The second-order valence-corrected chi connectivity index (χ2v) is 6.08. The van der Waals surface area contributed by atoms with Crippen LogP contribution in [0.4, 0.5) is 0 Å². The summed E-state index contributed by atoms with van der Waals surface area (Å²) in [7, 11) is -0.383. The molecule has 0 bridgehead atoms. The molecule has 0 amide bonds. The number of aryl methyl sites for hydroxylation is 1. The maximum Gasteiger partial charge on any atom is 0.495 e. The van der Waals surface area contributed by atoms with E-state index in [0.29, 0.717) is 0 Å². The molecule has 0 saturated carbocycles. The van der Waals surface area contributed by atoms with Crippen molar-refractivity contribution in [3.8, 4) is 0 Å². The summed E-state index contributed by atoms with van der Waals surface area (Å²) >= 11 is 0. The zero-order valence-corrected chi connectivity index (χ0v) is 12.0. The minimum Gasteiger partial charge on any atom is -0.399 e. The Bertz CT molecular complexity index is 617. The number of nitrogens with zero attached hydrogens (tertiary/aromatic N) is 1. The summed E-state index contributed by atoms with van der Waals surface area (Å²) < 4.78 is 17.5.